The molecule has 0 amide bonds. The first-order chi connectivity index (χ1) is 12.6. The van der Waals surface area contributed by atoms with E-state index in [1.165, 1.54) is 35.9 Å². The maximum atomic E-state index is 13.5. The van der Waals surface area contributed by atoms with Crippen molar-refractivity contribution in [2.75, 3.05) is 7.11 Å². The van der Waals surface area contributed by atoms with Crippen LogP contribution in [0.4, 0.5) is 13.2 Å². The summed E-state index contributed by atoms with van der Waals surface area (Å²) in [6, 6.07) is 5.02. The van der Waals surface area contributed by atoms with Gasteiger partial charge in [-0.15, -0.1) is 0 Å². The number of ether oxygens (including phenoxy) is 1. The van der Waals surface area contributed by atoms with E-state index in [-0.39, 0.29) is 15.6 Å². The molecule has 0 radical (unpaired) electrons. The summed E-state index contributed by atoms with van der Waals surface area (Å²) in [5.41, 5.74) is 0.0973. The number of halogens is 4. The minimum Gasteiger partial charge on any atom is -0.497 e. The zero-order chi connectivity index (χ0) is 19.8. The van der Waals surface area contributed by atoms with Crippen LogP contribution in [0.3, 0.4) is 0 Å². The van der Waals surface area contributed by atoms with Crippen LogP contribution >= 0.6 is 11.6 Å². The maximum Gasteiger partial charge on any atom is 0.408 e. The molecule has 0 fully saturated rings. The summed E-state index contributed by atoms with van der Waals surface area (Å²) in [6.45, 7) is 0. The first-order valence-electron chi connectivity index (χ1n) is 7.47. The molecule has 2 heterocycles. The van der Waals surface area contributed by atoms with Crippen LogP contribution in [0.25, 0.3) is 5.65 Å². The van der Waals surface area contributed by atoms with Crippen molar-refractivity contribution in [3.8, 4) is 5.75 Å². The van der Waals surface area contributed by atoms with E-state index in [0.717, 1.165) is 24.4 Å². The Labute approximate surface area is 157 Å². The van der Waals surface area contributed by atoms with E-state index >= 15 is 0 Å². The molecular weight excluding hydrogens is 407 g/mol. The predicted molar refractivity (Wildman–Crippen MR) is 92.3 cm³/mol. The van der Waals surface area contributed by atoms with Crippen LogP contribution in [0.5, 0.6) is 5.75 Å². The molecule has 27 heavy (non-hydrogen) atoms. The number of sulfonamides is 1. The molecule has 6 nitrogen and oxygen atoms in total. The highest BCUT2D eigenvalue weighted by Crippen LogP contribution is 2.34. The highest BCUT2D eigenvalue weighted by Gasteiger charge is 2.43. The lowest BCUT2D eigenvalue weighted by molar-refractivity contribution is -0.153. The lowest BCUT2D eigenvalue weighted by atomic mass is 10.1. The number of hydrogen-bond donors (Lipinski definition) is 1. The van der Waals surface area contributed by atoms with Crippen LogP contribution in [-0.2, 0) is 10.0 Å². The molecule has 0 aliphatic carbocycles. The normalized spacial score (nSPS) is 13.7. The number of imidazole rings is 1. The third-order valence-electron chi connectivity index (χ3n) is 3.75. The Morgan fingerprint density at radius 2 is 1.81 bits per heavy atom. The summed E-state index contributed by atoms with van der Waals surface area (Å²) in [4.78, 5) is 3.57. The molecule has 0 aliphatic rings. The Kier molecular flexibility index (Phi) is 5.06. The predicted octanol–water partition coefficient (Wildman–Crippen LogP) is 3.58. The van der Waals surface area contributed by atoms with Crippen LogP contribution in [0.2, 0.25) is 5.15 Å². The van der Waals surface area contributed by atoms with E-state index in [4.69, 9.17) is 16.3 Å². The molecule has 0 spiro atoms. The number of rotatable bonds is 5. The first kappa shape index (κ1) is 19.5. The quantitative estimate of drug-likeness (QED) is 0.686. The van der Waals surface area contributed by atoms with Gasteiger partial charge in [-0.3, -0.25) is 0 Å². The Hall–Kier alpha value is -2.30. The Balaban J connectivity index is 1.97. The van der Waals surface area contributed by atoms with E-state index in [9.17, 15) is 21.6 Å². The van der Waals surface area contributed by atoms with Crippen LogP contribution in [0.15, 0.2) is 53.7 Å². The molecule has 1 unspecified atom stereocenters. The third kappa shape index (κ3) is 4.18. The van der Waals surface area contributed by atoms with Crippen molar-refractivity contribution in [1.29, 1.82) is 0 Å². The van der Waals surface area contributed by atoms with Crippen molar-refractivity contribution in [2.45, 2.75) is 17.1 Å². The second kappa shape index (κ2) is 7.02. The van der Waals surface area contributed by atoms with Crippen LogP contribution < -0.4 is 9.46 Å². The van der Waals surface area contributed by atoms with Crippen molar-refractivity contribution < 1.29 is 26.3 Å². The fourth-order valence-corrected chi connectivity index (χ4v) is 3.85. The second-order valence-electron chi connectivity index (χ2n) is 5.56. The Morgan fingerprint density at radius 3 is 2.41 bits per heavy atom. The van der Waals surface area contributed by atoms with E-state index in [1.807, 2.05) is 0 Å². The van der Waals surface area contributed by atoms with Crippen molar-refractivity contribution >= 4 is 27.3 Å². The van der Waals surface area contributed by atoms with Crippen LogP contribution in [-0.4, -0.2) is 31.1 Å². The average Bonchev–Trinajstić information content (AvgIpc) is 2.98. The summed E-state index contributed by atoms with van der Waals surface area (Å²) in [7, 11) is -3.11. The monoisotopic (exact) mass is 419 g/mol. The smallest absolute Gasteiger partial charge is 0.408 e. The number of benzene rings is 1. The number of nitrogens with one attached hydrogen (secondary N) is 1. The molecule has 144 valence electrons. The summed E-state index contributed by atoms with van der Waals surface area (Å²) in [5.74, 6) is 0.352. The standard InChI is InChI=1S/C16H13ClF3N3O3S/c1-26-11-4-2-10(3-5-11)15(16(18,19)20)22-27(24,25)12-6-7-14-21-13(17)9-23(14)8-12/h2-9,15,22H,1H3. The number of methoxy groups -OCH3 is 1. The summed E-state index contributed by atoms with van der Waals surface area (Å²) in [6.07, 6.45) is -2.36. The Bertz CT molecular complexity index is 1070. The summed E-state index contributed by atoms with van der Waals surface area (Å²) in [5, 5.41) is 0.129. The lowest BCUT2D eigenvalue weighted by Crippen LogP contribution is -2.38. The van der Waals surface area contributed by atoms with Gasteiger partial charge >= 0.3 is 6.18 Å². The number of pyridine rings is 1. The molecule has 2 aromatic heterocycles. The first-order valence-corrected chi connectivity index (χ1v) is 9.33. The fraction of sp³-hybridized carbons (Fsp3) is 0.188. The van der Waals surface area contributed by atoms with Gasteiger partial charge in [-0.1, -0.05) is 23.7 Å². The lowest BCUT2D eigenvalue weighted by Gasteiger charge is -2.22. The van der Waals surface area contributed by atoms with Crippen molar-refractivity contribution in [3.05, 3.63) is 59.5 Å². The second-order valence-corrected chi connectivity index (χ2v) is 7.66. The van der Waals surface area contributed by atoms with Gasteiger partial charge in [0.2, 0.25) is 10.0 Å². The molecule has 0 bridgehead atoms. The van der Waals surface area contributed by atoms with Gasteiger partial charge in [-0.05, 0) is 29.8 Å². The molecule has 3 aromatic rings. The number of nitrogens with zero attached hydrogens (tertiary/aromatic N) is 2. The minimum atomic E-state index is -4.84. The highest BCUT2D eigenvalue weighted by molar-refractivity contribution is 7.89. The topological polar surface area (TPSA) is 72.7 Å². The fourth-order valence-electron chi connectivity index (χ4n) is 2.44. The minimum absolute atomic E-state index is 0.129. The molecule has 0 aliphatic heterocycles. The largest absolute Gasteiger partial charge is 0.497 e. The van der Waals surface area contributed by atoms with E-state index < -0.39 is 22.2 Å². The van der Waals surface area contributed by atoms with Gasteiger partial charge in [-0.25, -0.2) is 13.4 Å². The van der Waals surface area contributed by atoms with Crippen molar-refractivity contribution in [3.63, 3.8) is 0 Å². The third-order valence-corrected chi connectivity index (χ3v) is 5.34. The molecule has 0 saturated heterocycles. The molecule has 1 atom stereocenters. The van der Waals surface area contributed by atoms with Gasteiger partial charge in [-0.2, -0.15) is 17.9 Å². The number of hydrogen-bond acceptors (Lipinski definition) is 4. The zero-order valence-electron chi connectivity index (χ0n) is 13.7. The van der Waals surface area contributed by atoms with Crippen molar-refractivity contribution in [1.82, 2.24) is 14.1 Å². The van der Waals surface area contributed by atoms with E-state index in [2.05, 4.69) is 4.98 Å². The molecule has 11 heteroatoms. The number of fused-ring (bicyclic) bond motifs is 1. The summed E-state index contributed by atoms with van der Waals surface area (Å²) >= 11 is 5.74. The molecule has 1 N–H and O–H groups in total. The van der Waals surface area contributed by atoms with E-state index in [1.54, 1.807) is 4.72 Å². The van der Waals surface area contributed by atoms with Gasteiger partial charge in [0.05, 0.1) is 12.0 Å². The summed E-state index contributed by atoms with van der Waals surface area (Å²) < 4.78 is 73.5. The highest BCUT2D eigenvalue weighted by atomic mass is 35.5. The molecular formula is C16H13ClF3N3O3S. The van der Waals surface area contributed by atoms with Gasteiger partial charge in [0.15, 0.2) is 0 Å². The number of alkyl halides is 3. The van der Waals surface area contributed by atoms with Gasteiger partial charge in [0.25, 0.3) is 0 Å². The number of aromatic nitrogens is 2. The van der Waals surface area contributed by atoms with Gasteiger partial charge in [0, 0.05) is 12.4 Å². The zero-order valence-corrected chi connectivity index (χ0v) is 15.3. The van der Waals surface area contributed by atoms with Gasteiger partial charge < -0.3 is 9.14 Å². The molecule has 0 saturated carbocycles. The Morgan fingerprint density at radius 1 is 1.15 bits per heavy atom. The molecule has 1 aromatic carbocycles. The average molecular weight is 420 g/mol. The SMILES string of the molecule is COc1ccc(C(NS(=O)(=O)c2ccc3nc(Cl)cn3c2)C(F)(F)F)cc1. The van der Waals surface area contributed by atoms with Gasteiger partial charge in [0.1, 0.15) is 22.6 Å². The van der Waals surface area contributed by atoms with Crippen molar-refractivity contribution in [2.24, 2.45) is 0 Å². The van der Waals surface area contributed by atoms with Crippen LogP contribution in [0.1, 0.15) is 11.6 Å². The maximum absolute atomic E-state index is 13.5. The van der Waals surface area contributed by atoms with Crippen LogP contribution in [0, 0.1) is 0 Å². The van der Waals surface area contributed by atoms with E-state index in [0.29, 0.717) is 11.4 Å². The molecule has 3 rings (SSSR count).